The lowest BCUT2D eigenvalue weighted by atomic mass is 9.66. The zero-order valence-electron chi connectivity index (χ0n) is 26.0. The molecule has 1 heterocycles. The van der Waals surface area contributed by atoms with Gasteiger partial charge in [0.05, 0.1) is 6.07 Å². The van der Waals surface area contributed by atoms with Gasteiger partial charge in [0.15, 0.2) is 0 Å². The minimum absolute atomic E-state index is 0.132. The van der Waals surface area contributed by atoms with Gasteiger partial charge in [-0.15, -0.1) is 0 Å². The van der Waals surface area contributed by atoms with Crippen molar-refractivity contribution in [1.82, 2.24) is 4.90 Å². The number of esters is 1. The number of ether oxygens (including phenoxy) is 2. The molecule has 0 spiro atoms. The highest BCUT2D eigenvalue weighted by Gasteiger charge is 2.46. The van der Waals surface area contributed by atoms with Gasteiger partial charge in [0.1, 0.15) is 17.1 Å². The highest BCUT2D eigenvalue weighted by atomic mass is 16.5. The Morgan fingerprint density at radius 1 is 1.18 bits per heavy atom. The van der Waals surface area contributed by atoms with Crippen LogP contribution in [0.15, 0.2) is 23.8 Å². The number of carbonyl (C=O) groups is 1. The predicted octanol–water partition coefficient (Wildman–Crippen LogP) is 8.46. The molecule has 0 aromatic heterocycles. The molecular weight excluding hydrogens is 484 g/mol. The van der Waals surface area contributed by atoms with E-state index in [0.717, 1.165) is 61.9 Å². The van der Waals surface area contributed by atoms with Gasteiger partial charge in [-0.25, -0.2) is 0 Å². The van der Waals surface area contributed by atoms with Crippen LogP contribution in [0.3, 0.4) is 0 Å². The molecule has 2 atom stereocenters. The van der Waals surface area contributed by atoms with Gasteiger partial charge in [-0.3, -0.25) is 9.69 Å². The minimum Gasteiger partial charge on any atom is -0.487 e. The quantitative estimate of drug-likeness (QED) is 0.116. The number of hydrogen-bond donors (Lipinski definition) is 0. The maximum Gasteiger partial charge on any atom is 0.311 e. The second kappa shape index (κ2) is 12.9. The van der Waals surface area contributed by atoms with Crippen LogP contribution >= 0.6 is 0 Å². The topological polar surface area (TPSA) is 62.6 Å². The third-order valence-corrected chi connectivity index (χ3v) is 8.96. The van der Waals surface area contributed by atoms with Gasteiger partial charge in [0.25, 0.3) is 0 Å². The number of benzene rings is 1. The fourth-order valence-corrected chi connectivity index (χ4v) is 6.63. The molecule has 0 N–H and O–H groups in total. The highest BCUT2D eigenvalue weighted by molar-refractivity contribution is 5.74. The summed E-state index contributed by atoms with van der Waals surface area (Å²) in [4.78, 5) is 15.7. The fraction of sp³-hybridized carbons (Fsp3) is 0.706. The Hall–Kier alpha value is -2.32. The molecule has 3 rings (SSSR count). The van der Waals surface area contributed by atoms with Crippen LogP contribution in [0, 0.1) is 17.2 Å². The first-order valence-electron chi connectivity index (χ1n) is 15.1. The maximum absolute atomic E-state index is 13.3. The summed E-state index contributed by atoms with van der Waals surface area (Å²) in [5.41, 5.74) is 3.15. The minimum atomic E-state index is -0.303. The van der Waals surface area contributed by atoms with E-state index in [4.69, 9.17) is 14.7 Å². The lowest BCUT2D eigenvalue weighted by Gasteiger charge is -2.47. The highest BCUT2D eigenvalue weighted by Crippen LogP contribution is 2.55. The van der Waals surface area contributed by atoms with Crippen molar-refractivity contribution < 1.29 is 14.3 Å². The van der Waals surface area contributed by atoms with E-state index in [2.05, 4.69) is 91.5 Å². The first kappa shape index (κ1) is 31.2. The van der Waals surface area contributed by atoms with Crippen LogP contribution in [-0.4, -0.2) is 35.1 Å². The molecule has 1 aromatic rings. The van der Waals surface area contributed by atoms with Gasteiger partial charge >= 0.3 is 5.97 Å². The van der Waals surface area contributed by atoms with E-state index in [1.807, 2.05) is 0 Å². The van der Waals surface area contributed by atoms with Gasteiger partial charge in [0.2, 0.25) is 0 Å². The summed E-state index contributed by atoms with van der Waals surface area (Å²) in [7, 11) is 0. The van der Waals surface area contributed by atoms with Crippen LogP contribution in [-0.2, 0) is 10.2 Å². The Kier molecular flexibility index (Phi) is 10.3. The Balaban J connectivity index is 1.93. The van der Waals surface area contributed by atoms with Crippen molar-refractivity contribution in [3.05, 3.63) is 34.9 Å². The molecule has 0 radical (unpaired) electrons. The van der Waals surface area contributed by atoms with Crippen molar-refractivity contribution in [3.63, 3.8) is 0 Å². The number of nitrogens with zero attached hydrogens (tertiary/aromatic N) is 2. The average Bonchev–Trinajstić information content (AvgIpc) is 2.83. The van der Waals surface area contributed by atoms with E-state index in [1.54, 1.807) is 0 Å². The predicted molar refractivity (Wildman–Crippen MR) is 159 cm³/mol. The molecule has 216 valence electrons. The Morgan fingerprint density at radius 3 is 2.51 bits per heavy atom. The lowest BCUT2D eigenvalue weighted by Crippen LogP contribution is -2.45. The first-order valence-corrected chi connectivity index (χ1v) is 15.1. The van der Waals surface area contributed by atoms with E-state index >= 15 is 0 Å². The molecule has 1 aliphatic carbocycles. The Labute approximate surface area is 237 Å². The number of unbranched alkanes of at least 4 members (excludes halogenated alkanes) is 2. The van der Waals surface area contributed by atoms with Crippen LogP contribution in [0.2, 0.25) is 0 Å². The van der Waals surface area contributed by atoms with E-state index < -0.39 is 0 Å². The standard InChI is InChI=1S/C34H52N2O3/c1-23(2)36(24(3)4)19-13-14-31(37)38-29-21-26(33(6,7)17-11-10-12-18-35)22-30-32(29)27-20-25(5)15-16-28(27)34(8,9)39-30/h15,21-24,27-28H,10-14,16-17,19-20H2,1-9H3/t27-,28-/m1/s1. The lowest BCUT2D eigenvalue weighted by molar-refractivity contribution is -0.134. The zero-order chi connectivity index (χ0) is 29.0. The van der Waals surface area contributed by atoms with Crippen molar-refractivity contribution in [3.8, 4) is 17.6 Å². The van der Waals surface area contributed by atoms with Gasteiger partial charge in [-0.2, -0.15) is 5.26 Å². The summed E-state index contributed by atoms with van der Waals surface area (Å²) in [6.07, 6.45) is 8.87. The van der Waals surface area contributed by atoms with Crippen molar-refractivity contribution in [2.45, 2.75) is 143 Å². The molecule has 0 bridgehead atoms. The summed E-state index contributed by atoms with van der Waals surface area (Å²) >= 11 is 0. The fourth-order valence-electron chi connectivity index (χ4n) is 6.63. The van der Waals surface area contributed by atoms with Crippen LogP contribution < -0.4 is 9.47 Å². The summed E-state index contributed by atoms with van der Waals surface area (Å²) < 4.78 is 13.0. The molecule has 2 aliphatic rings. The van der Waals surface area contributed by atoms with Crippen molar-refractivity contribution >= 4 is 5.97 Å². The third kappa shape index (κ3) is 7.66. The van der Waals surface area contributed by atoms with E-state index in [-0.39, 0.29) is 22.9 Å². The summed E-state index contributed by atoms with van der Waals surface area (Å²) in [6.45, 7) is 20.8. The Morgan fingerprint density at radius 2 is 1.87 bits per heavy atom. The Bertz CT molecular complexity index is 1070. The number of allylic oxidation sites excluding steroid dienone is 2. The SMILES string of the molecule is CC1=CC[C@@H]2[C@@H](C1)c1c(OC(=O)CCCN(C(C)C)C(C)C)cc(C(C)(C)CCCCC#N)cc1OC2(C)C. The number of carbonyl (C=O) groups excluding carboxylic acids is 1. The molecule has 1 aliphatic heterocycles. The van der Waals surface area contributed by atoms with Crippen LogP contribution in [0.1, 0.15) is 131 Å². The van der Waals surface area contributed by atoms with E-state index in [9.17, 15) is 4.79 Å². The zero-order valence-corrected chi connectivity index (χ0v) is 26.0. The normalized spacial score (nSPS) is 20.2. The molecule has 0 amide bonds. The van der Waals surface area contributed by atoms with Crippen molar-refractivity contribution in [2.75, 3.05) is 6.54 Å². The van der Waals surface area contributed by atoms with E-state index in [1.165, 1.54) is 5.57 Å². The summed E-state index contributed by atoms with van der Waals surface area (Å²) in [5, 5.41) is 8.95. The van der Waals surface area contributed by atoms with Gasteiger partial charge in [-0.1, -0.05) is 31.9 Å². The first-order chi connectivity index (χ1) is 18.3. The van der Waals surface area contributed by atoms with Crippen LogP contribution in [0.5, 0.6) is 11.5 Å². The smallest absolute Gasteiger partial charge is 0.311 e. The molecule has 1 aromatic carbocycles. The molecule has 5 nitrogen and oxygen atoms in total. The van der Waals surface area contributed by atoms with Gasteiger partial charge in [0, 0.05) is 42.3 Å². The second-order valence-electron chi connectivity index (χ2n) is 13.5. The third-order valence-electron chi connectivity index (χ3n) is 8.96. The molecule has 5 heteroatoms. The molecule has 0 saturated carbocycles. The molecular formula is C34H52N2O3. The van der Waals surface area contributed by atoms with Gasteiger partial charge in [-0.05, 0) is 110 Å². The number of nitriles is 1. The monoisotopic (exact) mass is 536 g/mol. The van der Waals surface area contributed by atoms with Crippen molar-refractivity contribution in [2.24, 2.45) is 5.92 Å². The molecule has 0 unspecified atom stereocenters. The summed E-state index contributed by atoms with van der Waals surface area (Å²) in [5.74, 6) is 1.98. The van der Waals surface area contributed by atoms with E-state index in [0.29, 0.717) is 36.6 Å². The second-order valence-corrected chi connectivity index (χ2v) is 13.5. The van der Waals surface area contributed by atoms with Gasteiger partial charge < -0.3 is 9.47 Å². The van der Waals surface area contributed by atoms with Crippen LogP contribution in [0.25, 0.3) is 0 Å². The molecule has 0 fully saturated rings. The molecule has 39 heavy (non-hydrogen) atoms. The number of fused-ring (bicyclic) bond motifs is 3. The number of hydrogen-bond acceptors (Lipinski definition) is 5. The summed E-state index contributed by atoms with van der Waals surface area (Å²) in [6, 6.07) is 7.46. The van der Waals surface area contributed by atoms with Crippen LogP contribution in [0.4, 0.5) is 0 Å². The number of rotatable bonds is 12. The molecule has 0 saturated heterocycles. The maximum atomic E-state index is 13.3. The largest absolute Gasteiger partial charge is 0.487 e. The average molecular weight is 537 g/mol. The van der Waals surface area contributed by atoms with Crippen molar-refractivity contribution in [1.29, 1.82) is 5.26 Å².